The second-order valence-electron chi connectivity index (χ2n) is 5.51. The molecular formula is C12H12F16O4Si. The highest BCUT2D eigenvalue weighted by Gasteiger charge is 2.61. The standard InChI is InChI=1S/C12H12F16O4Si/c13-5(14)1(6(15)16)29-33(30-2(7(17)18)8(19)20,31-3(9(21)22)10(23)24)32-4(11(25)26)12(27)28/h1-12H. The fourth-order valence-corrected chi connectivity index (χ4v) is 4.17. The molecule has 200 valence electrons. The molecule has 0 aromatic heterocycles. The highest BCUT2D eigenvalue weighted by molar-refractivity contribution is 6.53. The smallest absolute Gasteiger partial charge is 0.336 e. The van der Waals surface area contributed by atoms with E-state index in [0.717, 1.165) is 0 Å². The lowest BCUT2D eigenvalue weighted by atomic mass is 10.4. The van der Waals surface area contributed by atoms with Gasteiger partial charge < -0.3 is 17.7 Å². The maximum atomic E-state index is 12.8. The zero-order chi connectivity index (χ0) is 26.3. The second kappa shape index (κ2) is 13.7. The van der Waals surface area contributed by atoms with Crippen LogP contribution in [-0.2, 0) is 17.7 Å². The van der Waals surface area contributed by atoms with E-state index in [9.17, 15) is 70.2 Å². The first-order valence-electron chi connectivity index (χ1n) is 7.92. The quantitative estimate of drug-likeness (QED) is 0.198. The summed E-state index contributed by atoms with van der Waals surface area (Å²) in [6.07, 6.45) is -52.9. The summed E-state index contributed by atoms with van der Waals surface area (Å²) in [7, 11) is -7.39. The Balaban J connectivity index is 6.80. The first-order valence-corrected chi connectivity index (χ1v) is 9.55. The summed E-state index contributed by atoms with van der Waals surface area (Å²) >= 11 is 0. The Kier molecular flexibility index (Phi) is 13.3. The topological polar surface area (TPSA) is 36.9 Å². The molecule has 0 atom stereocenters. The first kappa shape index (κ1) is 31.9. The Hall–Kier alpha value is -1.06. The van der Waals surface area contributed by atoms with Crippen LogP contribution >= 0.6 is 0 Å². The predicted molar refractivity (Wildman–Crippen MR) is 73.3 cm³/mol. The summed E-state index contributed by atoms with van der Waals surface area (Å²) in [5.74, 6) is 0. The number of hydrogen-bond donors (Lipinski definition) is 0. The van der Waals surface area contributed by atoms with Gasteiger partial charge in [0, 0.05) is 0 Å². The molecule has 33 heavy (non-hydrogen) atoms. The SMILES string of the molecule is FC(F)C(O[Si](OC(C(F)F)C(F)F)(OC(C(F)F)C(F)F)OC(C(F)F)C(F)F)C(F)F. The molecule has 0 aromatic carbocycles. The van der Waals surface area contributed by atoms with Gasteiger partial charge in [0.1, 0.15) is 0 Å². The third kappa shape index (κ3) is 9.98. The summed E-state index contributed by atoms with van der Waals surface area (Å²) in [6.45, 7) is 0. The van der Waals surface area contributed by atoms with E-state index in [2.05, 4.69) is 17.7 Å². The van der Waals surface area contributed by atoms with Crippen molar-refractivity contribution in [3.63, 3.8) is 0 Å². The van der Waals surface area contributed by atoms with E-state index in [-0.39, 0.29) is 0 Å². The van der Waals surface area contributed by atoms with Gasteiger partial charge in [-0.25, -0.2) is 70.2 Å². The van der Waals surface area contributed by atoms with Crippen molar-refractivity contribution in [3.8, 4) is 0 Å². The molecule has 0 radical (unpaired) electrons. The Morgan fingerprint density at radius 3 is 0.485 bits per heavy atom. The summed E-state index contributed by atoms with van der Waals surface area (Å²) in [5, 5.41) is 0. The zero-order valence-corrected chi connectivity index (χ0v) is 16.1. The lowest BCUT2D eigenvalue weighted by molar-refractivity contribution is -0.220. The van der Waals surface area contributed by atoms with Crippen molar-refractivity contribution in [3.05, 3.63) is 0 Å². The van der Waals surface area contributed by atoms with Crippen molar-refractivity contribution in [2.75, 3.05) is 0 Å². The third-order valence-electron chi connectivity index (χ3n) is 3.11. The molecule has 0 aromatic rings. The van der Waals surface area contributed by atoms with E-state index >= 15 is 0 Å². The van der Waals surface area contributed by atoms with Crippen LogP contribution in [0.5, 0.6) is 0 Å². The van der Waals surface area contributed by atoms with E-state index in [1.54, 1.807) is 0 Å². The fraction of sp³-hybridized carbons (Fsp3) is 1.00. The predicted octanol–water partition coefficient (Wildman–Crippen LogP) is 5.08. The molecule has 0 rings (SSSR count). The van der Waals surface area contributed by atoms with E-state index in [0.29, 0.717) is 0 Å². The van der Waals surface area contributed by atoms with Crippen LogP contribution in [0.25, 0.3) is 0 Å². The van der Waals surface area contributed by atoms with Crippen molar-refractivity contribution in [1.29, 1.82) is 0 Å². The monoisotopic (exact) mass is 552 g/mol. The van der Waals surface area contributed by atoms with Gasteiger partial charge in [0.2, 0.25) is 0 Å². The first-order chi connectivity index (χ1) is 15.0. The largest absolute Gasteiger partial charge is 0.682 e. The Morgan fingerprint density at radius 2 is 0.394 bits per heavy atom. The number of halogens is 16. The van der Waals surface area contributed by atoms with Crippen LogP contribution in [0, 0.1) is 0 Å². The number of hydrogen-bond acceptors (Lipinski definition) is 4. The van der Waals surface area contributed by atoms with E-state index in [4.69, 9.17) is 0 Å². The molecule has 0 aliphatic carbocycles. The maximum Gasteiger partial charge on any atom is 0.682 e. The highest BCUT2D eigenvalue weighted by atomic mass is 28.4. The molecule has 0 saturated carbocycles. The Morgan fingerprint density at radius 1 is 0.273 bits per heavy atom. The minimum absolute atomic E-state index is 3.53. The van der Waals surface area contributed by atoms with Gasteiger partial charge in [-0.1, -0.05) is 0 Å². The van der Waals surface area contributed by atoms with Crippen LogP contribution in [0.2, 0.25) is 0 Å². The molecule has 0 heterocycles. The van der Waals surface area contributed by atoms with Crippen LogP contribution < -0.4 is 0 Å². The Bertz CT molecular complexity index is 416. The van der Waals surface area contributed by atoms with Crippen LogP contribution in [0.1, 0.15) is 0 Å². The molecule has 0 amide bonds. The van der Waals surface area contributed by atoms with E-state index in [1.165, 1.54) is 0 Å². The molecule has 0 N–H and O–H groups in total. The maximum absolute atomic E-state index is 12.8. The van der Waals surface area contributed by atoms with Gasteiger partial charge >= 0.3 is 9.05 Å². The molecule has 0 unspecified atom stereocenters. The van der Waals surface area contributed by atoms with Crippen molar-refractivity contribution in [1.82, 2.24) is 0 Å². The van der Waals surface area contributed by atoms with Gasteiger partial charge in [-0.05, 0) is 0 Å². The molecule has 21 heteroatoms. The molecule has 4 nitrogen and oxygen atoms in total. The molecule has 0 aliphatic heterocycles. The number of alkyl halides is 16. The van der Waals surface area contributed by atoms with Crippen LogP contribution in [0.4, 0.5) is 70.2 Å². The van der Waals surface area contributed by atoms with E-state index < -0.39 is 84.9 Å². The average molecular weight is 552 g/mol. The molecule has 0 fully saturated rings. The summed E-state index contributed by atoms with van der Waals surface area (Å²) in [6, 6.07) is 0. The van der Waals surface area contributed by atoms with Crippen LogP contribution in [0.3, 0.4) is 0 Å². The molecule has 0 bridgehead atoms. The van der Waals surface area contributed by atoms with E-state index in [1.807, 2.05) is 0 Å². The Labute approximate surface area is 174 Å². The molecular weight excluding hydrogens is 540 g/mol. The molecule has 0 spiro atoms. The van der Waals surface area contributed by atoms with Gasteiger partial charge in [-0.3, -0.25) is 0 Å². The minimum Gasteiger partial charge on any atom is -0.336 e. The van der Waals surface area contributed by atoms with Crippen molar-refractivity contribution in [2.24, 2.45) is 0 Å². The van der Waals surface area contributed by atoms with Gasteiger partial charge in [0.25, 0.3) is 51.4 Å². The summed E-state index contributed by atoms with van der Waals surface area (Å²) in [4.78, 5) is 0. The van der Waals surface area contributed by atoms with Crippen molar-refractivity contribution >= 4 is 9.05 Å². The van der Waals surface area contributed by atoms with Gasteiger partial charge in [-0.2, -0.15) is 0 Å². The minimum atomic E-state index is -7.39. The van der Waals surface area contributed by atoms with Gasteiger partial charge in [0.15, 0.2) is 24.4 Å². The normalized spacial score (nSPS) is 14.2. The highest BCUT2D eigenvalue weighted by Crippen LogP contribution is 2.33. The molecule has 0 aliphatic rings. The lowest BCUT2D eigenvalue weighted by Gasteiger charge is -2.37. The average Bonchev–Trinajstić information content (AvgIpc) is 2.64. The van der Waals surface area contributed by atoms with Crippen molar-refractivity contribution in [2.45, 2.75) is 75.8 Å². The lowest BCUT2D eigenvalue weighted by Crippen LogP contribution is -2.62. The van der Waals surface area contributed by atoms with Crippen molar-refractivity contribution < 1.29 is 88.0 Å². The molecule has 0 saturated heterocycles. The summed E-state index contributed by atoms with van der Waals surface area (Å²) in [5.41, 5.74) is 0. The van der Waals surface area contributed by atoms with Crippen LogP contribution in [0.15, 0.2) is 0 Å². The fourth-order valence-electron chi connectivity index (χ4n) is 1.68. The van der Waals surface area contributed by atoms with Gasteiger partial charge in [-0.15, -0.1) is 0 Å². The summed E-state index contributed by atoms with van der Waals surface area (Å²) < 4.78 is 219. The zero-order valence-electron chi connectivity index (χ0n) is 15.1. The van der Waals surface area contributed by atoms with Crippen LogP contribution in [-0.4, -0.2) is 84.9 Å². The van der Waals surface area contributed by atoms with Gasteiger partial charge in [0.05, 0.1) is 0 Å². The third-order valence-corrected chi connectivity index (χ3v) is 5.35. The second-order valence-corrected chi connectivity index (χ2v) is 7.45. The number of rotatable bonds is 16.